The molecule has 0 fully saturated rings. The molecule has 3 rings (SSSR count). The van der Waals surface area contributed by atoms with Gasteiger partial charge in [0.1, 0.15) is 0 Å². The summed E-state index contributed by atoms with van der Waals surface area (Å²) in [4.78, 5) is 0. The Morgan fingerprint density at radius 2 is 1.54 bits per heavy atom. The highest BCUT2D eigenvalue weighted by Gasteiger charge is 2.26. The Morgan fingerprint density at radius 3 is 2.17 bits per heavy atom. The number of unbranched alkanes of at least 4 members (excludes halogenated alkanes) is 2. The molecule has 1 aliphatic heterocycles. The number of fused-ring (bicyclic) bond motifs is 2. The van der Waals surface area contributed by atoms with Crippen LogP contribution in [0.4, 0.5) is 0 Å². The van der Waals surface area contributed by atoms with E-state index in [2.05, 4.69) is 19.9 Å². The molecule has 0 bridgehead atoms. The van der Waals surface area contributed by atoms with E-state index in [4.69, 9.17) is 9.47 Å². The molecule has 0 aromatic heterocycles. The Labute approximate surface area is 143 Å². The van der Waals surface area contributed by atoms with Crippen LogP contribution in [0, 0.1) is 11.3 Å². The maximum Gasteiger partial charge on any atom is 0.174 e. The van der Waals surface area contributed by atoms with E-state index in [-0.39, 0.29) is 0 Å². The predicted octanol–water partition coefficient (Wildman–Crippen LogP) is 6.14. The minimum atomic E-state index is 0.719. The fourth-order valence-corrected chi connectivity index (χ4v) is 3.05. The molecular formula is C21H23NO2. The fourth-order valence-electron chi connectivity index (χ4n) is 3.05. The smallest absolute Gasteiger partial charge is 0.174 e. The van der Waals surface area contributed by atoms with Crippen molar-refractivity contribution in [2.24, 2.45) is 0 Å². The maximum atomic E-state index is 9.62. The molecule has 24 heavy (non-hydrogen) atoms. The summed E-state index contributed by atoms with van der Waals surface area (Å²) in [7, 11) is 0. The molecule has 2 aromatic carbocycles. The number of rotatable bonds is 6. The molecule has 0 aliphatic carbocycles. The number of ether oxygens (including phenoxy) is 2. The third-order valence-electron chi connectivity index (χ3n) is 4.39. The van der Waals surface area contributed by atoms with Crippen molar-refractivity contribution in [1.82, 2.24) is 0 Å². The molecule has 0 atom stereocenters. The summed E-state index contributed by atoms with van der Waals surface area (Å²) < 4.78 is 12.4. The van der Waals surface area contributed by atoms with Crippen LogP contribution in [0.5, 0.6) is 23.0 Å². The van der Waals surface area contributed by atoms with Crippen LogP contribution in [-0.4, -0.2) is 0 Å². The van der Waals surface area contributed by atoms with Gasteiger partial charge in [-0.15, -0.1) is 0 Å². The van der Waals surface area contributed by atoms with Crippen LogP contribution in [0.1, 0.15) is 56.2 Å². The van der Waals surface area contributed by atoms with E-state index in [1.54, 1.807) is 0 Å². The lowest BCUT2D eigenvalue weighted by atomic mass is 9.95. The first-order chi connectivity index (χ1) is 11.8. The molecule has 0 amide bonds. The van der Waals surface area contributed by atoms with Crippen LogP contribution in [0.25, 0.3) is 0 Å². The molecule has 0 saturated carbocycles. The van der Waals surface area contributed by atoms with Gasteiger partial charge < -0.3 is 9.47 Å². The highest BCUT2D eigenvalue weighted by molar-refractivity contribution is 5.64. The normalized spacial score (nSPS) is 11.7. The van der Waals surface area contributed by atoms with Crippen molar-refractivity contribution in [2.45, 2.75) is 52.4 Å². The van der Waals surface area contributed by atoms with Gasteiger partial charge in [-0.3, -0.25) is 0 Å². The number of hydrogen-bond acceptors (Lipinski definition) is 3. The standard InChI is InChI=1S/C21H23NO2/c1-3-5-9-15-13-16(14-22)17(10-6-4-2)21-20(15)23-18-11-7-8-12-19(18)24-21/h7-8,11-13H,3-6,9-10H2,1-2H3. The van der Waals surface area contributed by atoms with Crippen molar-refractivity contribution in [2.75, 3.05) is 0 Å². The Hall–Kier alpha value is -2.47. The summed E-state index contributed by atoms with van der Waals surface area (Å²) in [5.74, 6) is 3.01. The van der Waals surface area contributed by atoms with Gasteiger partial charge in [0, 0.05) is 11.1 Å². The van der Waals surface area contributed by atoms with Gasteiger partial charge in [0.15, 0.2) is 23.0 Å². The average Bonchev–Trinajstić information content (AvgIpc) is 2.63. The van der Waals surface area contributed by atoms with E-state index in [1.165, 1.54) is 0 Å². The molecule has 1 aliphatic rings. The monoisotopic (exact) mass is 321 g/mol. The molecule has 0 unspecified atom stereocenters. The molecule has 124 valence electrons. The first kappa shape index (κ1) is 16.4. The van der Waals surface area contributed by atoms with Crippen molar-refractivity contribution in [3.05, 3.63) is 47.0 Å². The van der Waals surface area contributed by atoms with Crippen LogP contribution in [-0.2, 0) is 12.8 Å². The minimum Gasteiger partial charge on any atom is -0.449 e. The molecule has 0 saturated heterocycles. The second-order valence-electron chi connectivity index (χ2n) is 6.19. The van der Waals surface area contributed by atoms with Crippen LogP contribution in [0.15, 0.2) is 30.3 Å². The zero-order valence-corrected chi connectivity index (χ0v) is 14.4. The first-order valence-electron chi connectivity index (χ1n) is 8.82. The van der Waals surface area contributed by atoms with E-state index in [9.17, 15) is 5.26 Å². The molecule has 2 aromatic rings. The maximum absolute atomic E-state index is 9.62. The highest BCUT2D eigenvalue weighted by Crippen LogP contribution is 2.50. The number of hydrogen-bond donors (Lipinski definition) is 0. The number of nitrogens with zero attached hydrogens (tertiary/aromatic N) is 1. The SMILES string of the molecule is CCCCc1cc(C#N)c(CCCC)c2c1Oc1ccccc1O2. The molecule has 0 radical (unpaired) electrons. The minimum absolute atomic E-state index is 0.719. The van der Waals surface area contributed by atoms with Gasteiger partial charge in [-0.25, -0.2) is 0 Å². The first-order valence-corrected chi connectivity index (χ1v) is 8.82. The van der Waals surface area contributed by atoms with Crippen LogP contribution in [0.3, 0.4) is 0 Å². The second-order valence-corrected chi connectivity index (χ2v) is 6.19. The van der Waals surface area contributed by atoms with Crippen LogP contribution < -0.4 is 9.47 Å². The summed E-state index contributed by atoms with van der Waals surface area (Å²) in [6, 6.07) is 12.1. The van der Waals surface area contributed by atoms with E-state index in [0.717, 1.165) is 78.2 Å². The Balaban J connectivity index is 2.11. The third-order valence-corrected chi connectivity index (χ3v) is 4.39. The number of para-hydroxylation sites is 2. The molecule has 3 nitrogen and oxygen atoms in total. The van der Waals surface area contributed by atoms with Crippen LogP contribution in [0.2, 0.25) is 0 Å². The zero-order valence-electron chi connectivity index (χ0n) is 14.4. The van der Waals surface area contributed by atoms with Gasteiger partial charge in [-0.2, -0.15) is 5.26 Å². The highest BCUT2D eigenvalue weighted by atomic mass is 16.6. The Morgan fingerprint density at radius 1 is 0.917 bits per heavy atom. The lowest BCUT2D eigenvalue weighted by Gasteiger charge is -2.25. The lowest BCUT2D eigenvalue weighted by molar-refractivity contribution is 0.352. The van der Waals surface area contributed by atoms with E-state index >= 15 is 0 Å². The summed E-state index contributed by atoms with van der Waals surface area (Å²) >= 11 is 0. The topological polar surface area (TPSA) is 42.2 Å². The zero-order chi connectivity index (χ0) is 16.9. The van der Waals surface area contributed by atoms with Gasteiger partial charge in [0.05, 0.1) is 11.6 Å². The molecular weight excluding hydrogens is 298 g/mol. The largest absolute Gasteiger partial charge is 0.449 e. The summed E-state index contributed by atoms with van der Waals surface area (Å²) in [6.07, 6.45) is 6.01. The van der Waals surface area contributed by atoms with Gasteiger partial charge in [-0.05, 0) is 43.9 Å². The van der Waals surface area contributed by atoms with Gasteiger partial charge in [-0.1, -0.05) is 38.8 Å². The molecule has 0 spiro atoms. The third kappa shape index (κ3) is 3.10. The van der Waals surface area contributed by atoms with Crippen molar-refractivity contribution in [3.63, 3.8) is 0 Å². The van der Waals surface area contributed by atoms with Crippen molar-refractivity contribution in [3.8, 4) is 29.1 Å². The van der Waals surface area contributed by atoms with Crippen LogP contribution >= 0.6 is 0 Å². The summed E-state index contributed by atoms with van der Waals surface area (Å²) in [6.45, 7) is 4.32. The summed E-state index contributed by atoms with van der Waals surface area (Å²) in [5, 5.41) is 9.62. The number of aryl methyl sites for hydroxylation is 1. The second kappa shape index (κ2) is 7.40. The quantitative estimate of drug-likeness (QED) is 0.547. The van der Waals surface area contributed by atoms with E-state index in [0.29, 0.717) is 0 Å². The van der Waals surface area contributed by atoms with Gasteiger partial charge in [0.2, 0.25) is 0 Å². The van der Waals surface area contributed by atoms with Gasteiger partial charge >= 0.3 is 0 Å². The molecule has 3 heteroatoms. The molecule has 0 N–H and O–H groups in total. The van der Waals surface area contributed by atoms with Gasteiger partial charge in [0.25, 0.3) is 0 Å². The number of benzene rings is 2. The Kier molecular flexibility index (Phi) is 5.05. The van der Waals surface area contributed by atoms with E-state index in [1.807, 2.05) is 30.3 Å². The van der Waals surface area contributed by atoms with Crippen molar-refractivity contribution in [1.29, 1.82) is 5.26 Å². The lowest BCUT2D eigenvalue weighted by Crippen LogP contribution is -2.07. The number of nitriles is 1. The van der Waals surface area contributed by atoms with Crippen molar-refractivity contribution >= 4 is 0 Å². The molecule has 1 heterocycles. The predicted molar refractivity (Wildman–Crippen MR) is 95.0 cm³/mol. The van der Waals surface area contributed by atoms with E-state index < -0.39 is 0 Å². The Bertz CT molecular complexity index is 774. The van der Waals surface area contributed by atoms with Crippen molar-refractivity contribution < 1.29 is 9.47 Å². The fraction of sp³-hybridized carbons (Fsp3) is 0.381. The average molecular weight is 321 g/mol. The summed E-state index contributed by atoms with van der Waals surface area (Å²) in [5.41, 5.74) is 2.76.